The third kappa shape index (κ3) is 2.70. The zero-order valence-electron chi connectivity index (χ0n) is 11.0. The predicted molar refractivity (Wildman–Crippen MR) is 62.7 cm³/mol. The van der Waals surface area contributed by atoms with Crippen LogP contribution in [-0.2, 0) is 14.3 Å². The highest BCUT2D eigenvalue weighted by atomic mass is 19.3. The molecule has 2 heterocycles. The molecule has 0 radical (unpaired) electrons. The van der Waals surface area contributed by atoms with Crippen molar-refractivity contribution in [2.75, 3.05) is 26.7 Å². The first-order valence-electron chi connectivity index (χ1n) is 6.26. The van der Waals surface area contributed by atoms with Crippen molar-refractivity contribution in [2.45, 2.75) is 31.7 Å². The Labute approximate surface area is 110 Å². The predicted octanol–water partition coefficient (Wildman–Crippen LogP) is 0.395. The molecule has 0 aromatic rings. The summed E-state index contributed by atoms with van der Waals surface area (Å²) >= 11 is 0. The molecular weight excluding hydrogens is 258 g/mol. The first-order chi connectivity index (χ1) is 8.77. The molecule has 2 unspecified atom stereocenters. The Bertz CT molecular complexity index is 402. The lowest BCUT2D eigenvalue weighted by molar-refractivity contribution is -0.151. The molecule has 2 atom stereocenters. The molecule has 2 rings (SSSR count). The van der Waals surface area contributed by atoms with Crippen molar-refractivity contribution in [3.05, 3.63) is 0 Å². The van der Waals surface area contributed by atoms with Gasteiger partial charge in [-0.2, -0.15) is 0 Å². The largest absolute Gasteiger partial charge is 0.469 e. The third-order valence-electron chi connectivity index (χ3n) is 3.87. The minimum atomic E-state index is -2.83. The Balaban J connectivity index is 1.98. The number of alkyl halides is 2. The van der Waals surface area contributed by atoms with E-state index in [0.29, 0.717) is 13.0 Å². The van der Waals surface area contributed by atoms with Crippen LogP contribution in [0.25, 0.3) is 0 Å². The molecule has 2 saturated heterocycles. The van der Waals surface area contributed by atoms with Crippen molar-refractivity contribution in [2.24, 2.45) is 5.41 Å². The number of esters is 1. The zero-order valence-corrected chi connectivity index (χ0v) is 11.0. The van der Waals surface area contributed by atoms with Crippen molar-refractivity contribution in [1.82, 2.24) is 10.2 Å². The lowest BCUT2D eigenvalue weighted by atomic mass is 9.90. The number of ether oxygens (including phenoxy) is 1. The molecule has 1 amide bonds. The van der Waals surface area contributed by atoms with Gasteiger partial charge in [-0.1, -0.05) is 0 Å². The van der Waals surface area contributed by atoms with E-state index in [1.165, 1.54) is 12.0 Å². The van der Waals surface area contributed by atoms with Gasteiger partial charge in [-0.05, 0) is 13.3 Å². The molecule has 108 valence electrons. The number of nitrogens with one attached hydrogen (secondary N) is 1. The van der Waals surface area contributed by atoms with Gasteiger partial charge >= 0.3 is 5.97 Å². The second-order valence-corrected chi connectivity index (χ2v) is 5.56. The monoisotopic (exact) mass is 276 g/mol. The van der Waals surface area contributed by atoms with Gasteiger partial charge in [-0.3, -0.25) is 14.9 Å². The summed E-state index contributed by atoms with van der Waals surface area (Å²) in [5.41, 5.74) is -0.731. The molecule has 2 aliphatic rings. The number of likely N-dealkylation sites (tertiary alicyclic amines) is 1. The van der Waals surface area contributed by atoms with E-state index in [4.69, 9.17) is 4.74 Å². The van der Waals surface area contributed by atoms with Gasteiger partial charge in [0.25, 0.3) is 5.92 Å². The van der Waals surface area contributed by atoms with E-state index >= 15 is 0 Å². The standard InChI is InChI=1S/C12H18F2N2O3/c1-11(10(18)19-2)3-4-16(7-11)9(17)8-5-12(13,14)6-15-8/h8,15H,3-7H2,1-2H3. The van der Waals surface area contributed by atoms with Gasteiger partial charge < -0.3 is 9.64 Å². The number of methoxy groups -OCH3 is 1. The van der Waals surface area contributed by atoms with E-state index in [1.54, 1.807) is 6.92 Å². The number of carbonyl (C=O) groups excluding carboxylic acids is 2. The van der Waals surface area contributed by atoms with Crippen molar-refractivity contribution < 1.29 is 23.1 Å². The average Bonchev–Trinajstić information content (AvgIpc) is 2.92. The first kappa shape index (κ1) is 14.2. The number of hydrogen-bond acceptors (Lipinski definition) is 4. The zero-order chi connectivity index (χ0) is 14.3. The quantitative estimate of drug-likeness (QED) is 0.742. The van der Waals surface area contributed by atoms with Crippen LogP contribution in [0.1, 0.15) is 19.8 Å². The molecule has 2 aliphatic heterocycles. The number of carbonyl (C=O) groups is 2. The number of nitrogens with zero attached hydrogens (tertiary/aromatic N) is 1. The molecule has 0 aromatic heterocycles. The fourth-order valence-electron chi connectivity index (χ4n) is 2.67. The van der Waals surface area contributed by atoms with Crippen molar-refractivity contribution in [1.29, 1.82) is 0 Å². The van der Waals surface area contributed by atoms with Crippen LogP contribution in [0, 0.1) is 5.41 Å². The molecule has 0 bridgehead atoms. The summed E-state index contributed by atoms with van der Waals surface area (Å²) < 4.78 is 30.8. The van der Waals surface area contributed by atoms with Crippen LogP contribution in [0.4, 0.5) is 8.78 Å². The maximum atomic E-state index is 13.1. The topological polar surface area (TPSA) is 58.6 Å². The minimum Gasteiger partial charge on any atom is -0.469 e. The van der Waals surface area contributed by atoms with Gasteiger partial charge in [-0.15, -0.1) is 0 Å². The number of amides is 1. The highest BCUT2D eigenvalue weighted by Gasteiger charge is 2.48. The number of halogens is 2. The molecular formula is C12H18F2N2O3. The van der Waals surface area contributed by atoms with Gasteiger partial charge in [-0.25, -0.2) is 8.78 Å². The molecule has 2 fully saturated rings. The Morgan fingerprint density at radius 3 is 2.63 bits per heavy atom. The fraction of sp³-hybridized carbons (Fsp3) is 0.833. The minimum absolute atomic E-state index is 0.224. The third-order valence-corrected chi connectivity index (χ3v) is 3.87. The van der Waals surface area contributed by atoms with Gasteiger partial charge in [0.15, 0.2) is 0 Å². The van der Waals surface area contributed by atoms with E-state index in [9.17, 15) is 18.4 Å². The first-order valence-corrected chi connectivity index (χ1v) is 6.26. The van der Waals surface area contributed by atoms with Crippen LogP contribution in [0.2, 0.25) is 0 Å². The summed E-state index contributed by atoms with van der Waals surface area (Å²) in [6, 6.07) is -0.852. The van der Waals surface area contributed by atoms with E-state index in [-0.39, 0.29) is 18.4 Å². The van der Waals surface area contributed by atoms with Crippen LogP contribution < -0.4 is 5.32 Å². The summed E-state index contributed by atoms with van der Waals surface area (Å²) in [7, 11) is 1.30. The molecule has 0 spiro atoms. The van der Waals surface area contributed by atoms with Crippen LogP contribution in [0.15, 0.2) is 0 Å². The summed E-state index contributed by atoms with van der Waals surface area (Å²) in [5.74, 6) is -3.55. The molecule has 0 saturated carbocycles. The summed E-state index contributed by atoms with van der Waals surface area (Å²) in [6.07, 6.45) is 0.0196. The Morgan fingerprint density at radius 1 is 1.42 bits per heavy atom. The van der Waals surface area contributed by atoms with E-state index in [1.807, 2.05) is 0 Å². The van der Waals surface area contributed by atoms with Gasteiger partial charge in [0.2, 0.25) is 5.91 Å². The van der Waals surface area contributed by atoms with Gasteiger partial charge in [0.05, 0.1) is 25.1 Å². The van der Waals surface area contributed by atoms with Crippen LogP contribution in [0.5, 0.6) is 0 Å². The second-order valence-electron chi connectivity index (χ2n) is 5.56. The van der Waals surface area contributed by atoms with E-state index in [0.717, 1.165) is 0 Å². The Hall–Kier alpha value is -1.24. The maximum absolute atomic E-state index is 13.1. The average molecular weight is 276 g/mol. The molecule has 7 heteroatoms. The van der Waals surface area contributed by atoms with Crippen LogP contribution in [0.3, 0.4) is 0 Å². The van der Waals surface area contributed by atoms with E-state index in [2.05, 4.69) is 5.32 Å². The summed E-state index contributed by atoms with van der Waals surface area (Å²) in [5, 5.41) is 2.54. The smallest absolute Gasteiger partial charge is 0.313 e. The second kappa shape index (κ2) is 4.70. The van der Waals surface area contributed by atoms with Crippen molar-refractivity contribution in [3.8, 4) is 0 Å². The lowest BCUT2D eigenvalue weighted by Gasteiger charge is -2.23. The number of hydrogen-bond donors (Lipinski definition) is 1. The van der Waals surface area contributed by atoms with Crippen molar-refractivity contribution in [3.63, 3.8) is 0 Å². The highest BCUT2D eigenvalue weighted by molar-refractivity contribution is 5.85. The molecule has 5 nitrogen and oxygen atoms in total. The number of rotatable bonds is 2. The lowest BCUT2D eigenvalue weighted by Crippen LogP contribution is -2.44. The maximum Gasteiger partial charge on any atom is 0.313 e. The summed E-state index contributed by atoms with van der Waals surface area (Å²) in [4.78, 5) is 25.2. The normalized spacial score (nSPS) is 33.5. The van der Waals surface area contributed by atoms with E-state index < -0.39 is 30.3 Å². The molecule has 1 N–H and O–H groups in total. The van der Waals surface area contributed by atoms with Crippen molar-refractivity contribution >= 4 is 11.9 Å². The van der Waals surface area contributed by atoms with Crippen LogP contribution >= 0.6 is 0 Å². The fourth-order valence-corrected chi connectivity index (χ4v) is 2.67. The highest BCUT2D eigenvalue weighted by Crippen LogP contribution is 2.33. The molecule has 0 aromatic carbocycles. The summed E-state index contributed by atoms with van der Waals surface area (Å²) in [6.45, 7) is 1.88. The van der Waals surface area contributed by atoms with Gasteiger partial charge in [0, 0.05) is 19.5 Å². The Kier molecular flexibility index (Phi) is 3.51. The van der Waals surface area contributed by atoms with Crippen LogP contribution in [-0.4, -0.2) is 55.5 Å². The molecule has 19 heavy (non-hydrogen) atoms. The SMILES string of the molecule is COC(=O)C1(C)CCN(C(=O)C2CC(F)(F)CN2)C1. The van der Waals surface area contributed by atoms with Gasteiger partial charge in [0.1, 0.15) is 0 Å². The molecule has 0 aliphatic carbocycles. The Morgan fingerprint density at radius 2 is 2.11 bits per heavy atom.